The van der Waals surface area contributed by atoms with Crippen molar-refractivity contribution in [3.05, 3.63) is 64.2 Å². The fraction of sp³-hybridized carbons (Fsp3) is 0.0625. The van der Waals surface area contributed by atoms with Crippen molar-refractivity contribution in [1.82, 2.24) is 9.66 Å². The summed E-state index contributed by atoms with van der Waals surface area (Å²) in [6.45, 7) is 1.69. The number of nitrogens with zero attached hydrogens (tertiary/aromatic N) is 3. The van der Waals surface area contributed by atoms with Gasteiger partial charge in [-0.25, -0.2) is 4.98 Å². The van der Waals surface area contributed by atoms with Crippen LogP contribution in [0.25, 0.3) is 10.9 Å². The van der Waals surface area contributed by atoms with Gasteiger partial charge < -0.3 is 10.2 Å². The number of aromatic nitrogens is 2. The Balaban J connectivity index is 2.08. The number of phenols is 2. The fourth-order valence-electron chi connectivity index (χ4n) is 2.12. The second-order valence-corrected chi connectivity index (χ2v) is 4.79. The predicted octanol–water partition coefficient (Wildman–Crippen LogP) is 2.00. The van der Waals surface area contributed by atoms with Crippen molar-refractivity contribution in [3.8, 4) is 11.5 Å². The van der Waals surface area contributed by atoms with Crippen LogP contribution in [0, 0.1) is 6.92 Å². The minimum Gasteiger partial charge on any atom is -0.504 e. The van der Waals surface area contributed by atoms with Crippen LogP contribution in [0.4, 0.5) is 0 Å². The number of para-hydroxylation sites is 1. The average molecular weight is 295 g/mol. The number of aryl methyl sites for hydroxylation is 1. The first-order chi connectivity index (χ1) is 10.6. The first-order valence-electron chi connectivity index (χ1n) is 6.61. The number of rotatable bonds is 2. The second-order valence-electron chi connectivity index (χ2n) is 4.79. The highest BCUT2D eigenvalue weighted by molar-refractivity contribution is 5.81. The molecule has 1 heterocycles. The summed E-state index contributed by atoms with van der Waals surface area (Å²) < 4.78 is 1.20. The molecule has 0 amide bonds. The summed E-state index contributed by atoms with van der Waals surface area (Å²) >= 11 is 0. The molecule has 0 aliphatic rings. The molecule has 0 radical (unpaired) electrons. The summed E-state index contributed by atoms with van der Waals surface area (Å²) in [7, 11) is 0. The molecule has 110 valence electrons. The first-order valence-corrected chi connectivity index (χ1v) is 6.61. The molecule has 0 unspecified atom stereocenters. The highest BCUT2D eigenvalue weighted by atomic mass is 16.3. The van der Waals surface area contributed by atoms with Gasteiger partial charge in [0.05, 0.1) is 17.1 Å². The van der Waals surface area contributed by atoms with E-state index in [0.717, 1.165) is 0 Å². The van der Waals surface area contributed by atoms with E-state index in [4.69, 9.17) is 0 Å². The Kier molecular flexibility index (Phi) is 3.34. The third-order valence-electron chi connectivity index (χ3n) is 3.24. The van der Waals surface area contributed by atoms with Gasteiger partial charge in [-0.1, -0.05) is 12.1 Å². The summed E-state index contributed by atoms with van der Waals surface area (Å²) in [5.74, 6) is 0.00507. The minimum atomic E-state index is -0.262. The third-order valence-corrected chi connectivity index (χ3v) is 3.24. The monoisotopic (exact) mass is 295 g/mol. The van der Waals surface area contributed by atoms with Gasteiger partial charge in [0.2, 0.25) is 0 Å². The number of hydrogen-bond acceptors (Lipinski definition) is 5. The molecule has 2 N–H and O–H groups in total. The lowest BCUT2D eigenvalue weighted by Crippen LogP contribution is -2.20. The molecule has 3 aromatic rings. The maximum Gasteiger partial charge on any atom is 0.282 e. The molecule has 0 aliphatic carbocycles. The summed E-state index contributed by atoms with van der Waals surface area (Å²) in [5.41, 5.74) is 0.913. The Bertz CT molecular complexity index is 945. The molecule has 6 heteroatoms. The van der Waals surface area contributed by atoms with E-state index in [1.165, 1.54) is 23.0 Å². The minimum absolute atomic E-state index is 0.210. The van der Waals surface area contributed by atoms with Gasteiger partial charge in [0.15, 0.2) is 11.5 Å². The molecule has 2 aromatic carbocycles. The van der Waals surface area contributed by atoms with Crippen molar-refractivity contribution >= 4 is 17.1 Å². The average Bonchev–Trinajstić information content (AvgIpc) is 2.50. The molecular formula is C16H13N3O3. The lowest BCUT2D eigenvalue weighted by Gasteiger charge is -2.05. The topological polar surface area (TPSA) is 87.7 Å². The Morgan fingerprint density at radius 2 is 1.91 bits per heavy atom. The molecule has 1 aromatic heterocycles. The van der Waals surface area contributed by atoms with Gasteiger partial charge in [-0.05, 0) is 42.8 Å². The summed E-state index contributed by atoms with van der Waals surface area (Å²) in [5, 5.41) is 23.3. The largest absolute Gasteiger partial charge is 0.504 e. The Hall–Kier alpha value is -3.15. The van der Waals surface area contributed by atoms with E-state index in [2.05, 4.69) is 10.1 Å². The van der Waals surface area contributed by atoms with Crippen molar-refractivity contribution in [2.45, 2.75) is 6.92 Å². The van der Waals surface area contributed by atoms with Crippen LogP contribution in [0.2, 0.25) is 0 Å². The Morgan fingerprint density at radius 1 is 1.14 bits per heavy atom. The Morgan fingerprint density at radius 3 is 2.68 bits per heavy atom. The summed E-state index contributed by atoms with van der Waals surface area (Å²) in [4.78, 5) is 16.8. The zero-order valence-corrected chi connectivity index (χ0v) is 11.8. The van der Waals surface area contributed by atoms with Gasteiger partial charge in [0, 0.05) is 0 Å². The lowest BCUT2D eigenvalue weighted by molar-refractivity contribution is 0.403. The van der Waals surface area contributed by atoms with Crippen molar-refractivity contribution in [3.63, 3.8) is 0 Å². The van der Waals surface area contributed by atoms with Crippen LogP contribution in [-0.4, -0.2) is 26.1 Å². The number of hydrogen-bond donors (Lipinski definition) is 2. The second kappa shape index (κ2) is 5.33. The number of benzene rings is 2. The van der Waals surface area contributed by atoms with Gasteiger partial charge in [-0.15, -0.1) is 0 Å². The molecule has 0 atom stereocenters. The van der Waals surface area contributed by atoms with Gasteiger partial charge in [0.1, 0.15) is 5.82 Å². The van der Waals surface area contributed by atoms with E-state index in [0.29, 0.717) is 22.3 Å². The molecule has 3 rings (SSSR count). The van der Waals surface area contributed by atoms with Gasteiger partial charge >= 0.3 is 0 Å². The zero-order chi connectivity index (χ0) is 15.7. The third kappa shape index (κ3) is 2.42. The molecule has 0 saturated carbocycles. The summed E-state index contributed by atoms with van der Waals surface area (Å²) in [6.07, 6.45) is 1.42. The van der Waals surface area contributed by atoms with Crippen LogP contribution in [-0.2, 0) is 0 Å². The summed E-state index contributed by atoms with van der Waals surface area (Å²) in [6, 6.07) is 11.3. The van der Waals surface area contributed by atoms with E-state index < -0.39 is 0 Å². The smallest absolute Gasteiger partial charge is 0.282 e. The normalized spacial score (nSPS) is 11.3. The molecule has 0 saturated heterocycles. The molecular weight excluding hydrogens is 282 g/mol. The van der Waals surface area contributed by atoms with Crippen molar-refractivity contribution < 1.29 is 10.2 Å². The van der Waals surface area contributed by atoms with Crippen molar-refractivity contribution in [2.24, 2.45) is 5.10 Å². The maximum atomic E-state index is 12.4. The van der Waals surface area contributed by atoms with Crippen LogP contribution >= 0.6 is 0 Å². The SMILES string of the molecule is Cc1nc2ccccc2c(=O)n1N=Cc1ccc(O)c(O)c1. The standard InChI is InChI=1S/C16H13N3O3/c1-10-18-13-5-3-2-4-12(13)16(22)19(10)17-9-11-6-7-14(20)15(21)8-11/h2-9,20-21H,1H3. The Labute approximate surface area is 125 Å². The van der Waals surface area contributed by atoms with Gasteiger partial charge in [-0.2, -0.15) is 9.78 Å². The number of aromatic hydroxyl groups is 2. The molecule has 0 aliphatic heterocycles. The highest BCUT2D eigenvalue weighted by Gasteiger charge is 2.06. The van der Waals surface area contributed by atoms with E-state index >= 15 is 0 Å². The van der Waals surface area contributed by atoms with Crippen LogP contribution in [0.1, 0.15) is 11.4 Å². The molecule has 22 heavy (non-hydrogen) atoms. The molecule has 0 spiro atoms. The fourth-order valence-corrected chi connectivity index (χ4v) is 2.12. The first kappa shape index (κ1) is 13.8. The van der Waals surface area contributed by atoms with E-state index in [-0.39, 0.29) is 17.1 Å². The predicted molar refractivity (Wildman–Crippen MR) is 83.5 cm³/mol. The molecule has 0 bridgehead atoms. The van der Waals surface area contributed by atoms with E-state index in [1.54, 1.807) is 31.2 Å². The van der Waals surface area contributed by atoms with Gasteiger partial charge in [-0.3, -0.25) is 4.79 Å². The lowest BCUT2D eigenvalue weighted by atomic mass is 10.2. The van der Waals surface area contributed by atoms with Crippen LogP contribution in [0.5, 0.6) is 11.5 Å². The van der Waals surface area contributed by atoms with E-state index in [9.17, 15) is 15.0 Å². The van der Waals surface area contributed by atoms with Gasteiger partial charge in [0.25, 0.3) is 5.56 Å². The number of phenolic OH excluding ortho intramolecular Hbond substituents is 2. The van der Waals surface area contributed by atoms with Crippen LogP contribution in [0.15, 0.2) is 52.4 Å². The zero-order valence-electron chi connectivity index (χ0n) is 11.8. The highest BCUT2D eigenvalue weighted by Crippen LogP contribution is 2.24. The van der Waals surface area contributed by atoms with Crippen molar-refractivity contribution in [1.29, 1.82) is 0 Å². The molecule has 6 nitrogen and oxygen atoms in total. The number of fused-ring (bicyclic) bond motifs is 1. The maximum absolute atomic E-state index is 12.4. The van der Waals surface area contributed by atoms with E-state index in [1.807, 2.05) is 6.07 Å². The quantitative estimate of drug-likeness (QED) is 0.559. The van der Waals surface area contributed by atoms with Crippen molar-refractivity contribution in [2.75, 3.05) is 0 Å². The van der Waals surface area contributed by atoms with Crippen LogP contribution in [0.3, 0.4) is 0 Å². The van der Waals surface area contributed by atoms with Crippen LogP contribution < -0.4 is 5.56 Å². The molecule has 0 fully saturated rings.